The Morgan fingerprint density at radius 1 is 1.38 bits per heavy atom. The fourth-order valence-corrected chi connectivity index (χ4v) is 1.97. The second kappa shape index (κ2) is 4.43. The van der Waals surface area contributed by atoms with Crippen molar-refractivity contribution in [2.45, 2.75) is 13.3 Å². The third kappa shape index (κ3) is 2.27. The van der Waals surface area contributed by atoms with Gasteiger partial charge in [0.05, 0.1) is 11.4 Å². The Labute approximate surface area is 95.4 Å². The fraction of sp³-hybridized carbons (Fsp3) is 0.417. The van der Waals surface area contributed by atoms with Gasteiger partial charge in [0.2, 0.25) is 5.91 Å². The molecule has 0 radical (unpaired) electrons. The summed E-state index contributed by atoms with van der Waals surface area (Å²) in [4.78, 5) is 13.4. The number of anilines is 2. The van der Waals surface area contributed by atoms with Gasteiger partial charge in [-0.2, -0.15) is 0 Å². The topological polar surface area (TPSA) is 58.4 Å². The summed E-state index contributed by atoms with van der Waals surface area (Å²) in [6, 6.07) is 6.04. The highest BCUT2D eigenvalue weighted by atomic mass is 16.1. The summed E-state index contributed by atoms with van der Waals surface area (Å²) in [5.41, 5.74) is 8.96. The third-order valence-corrected chi connectivity index (χ3v) is 2.84. The summed E-state index contributed by atoms with van der Waals surface area (Å²) in [5.74, 6) is 0.119. The van der Waals surface area contributed by atoms with E-state index in [1.807, 2.05) is 25.1 Å². The molecule has 1 aliphatic rings. The molecule has 0 unspecified atom stereocenters. The van der Waals surface area contributed by atoms with Gasteiger partial charge in [0, 0.05) is 26.1 Å². The van der Waals surface area contributed by atoms with Gasteiger partial charge in [-0.05, 0) is 24.6 Å². The number of nitrogen functional groups attached to an aromatic ring is 1. The first kappa shape index (κ1) is 10.8. The summed E-state index contributed by atoms with van der Waals surface area (Å²) in [6.07, 6.45) is 0.535. The lowest BCUT2D eigenvalue weighted by Crippen LogP contribution is -2.28. The summed E-state index contributed by atoms with van der Waals surface area (Å²) < 4.78 is 0. The van der Waals surface area contributed by atoms with E-state index in [9.17, 15) is 4.79 Å². The molecule has 0 bridgehead atoms. The van der Waals surface area contributed by atoms with Crippen LogP contribution in [0.2, 0.25) is 0 Å². The minimum absolute atomic E-state index is 0.119. The number of hydrogen-bond acceptors (Lipinski definition) is 3. The molecular formula is C12H17N3O. The fourth-order valence-electron chi connectivity index (χ4n) is 1.97. The SMILES string of the molecule is Cc1ccc(N2CCNC(=O)CC2)c(N)c1. The minimum atomic E-state index is 0.119. The first-order chi connectivity index (χ1) is 7.66. The van der Waals surface area contributed by atoms with Crippen molar-refractivity contribution in [3.63, 3.8) is 0 Å². The Hall–Kier alpha value is -1.71. The van der Waals surface area contributed by atoms with Crippen molar-refractivity contribution in [2.24, 2.45) is 0 Å². The first-order valence-corrected chi connectivity index (χ1v) is 5.54. The monoisotopic (exact) mass is 219 g/mol. The predicted molar refractivity (Wildman–Crippen MR) is 65.4 cm³/mol. The van der Waals surface area contributed by atoms with Crippen LogP contribution in [-0.4, -0.2) is 25.5 Å². The highest BCUT2D eigenvalue weighted by molar-refractivity contribution is 5.78. The maximum Gasteiger partial charge on any atom is 0.221 e. The molecule has 0 aliphatic carbocycles. The Morgan fingerprint density at radius 3 is 2.94 bits per heavy atom. The zero-order chi connectivity index (χ0) is 11.5. The lowest BCUT2D eigenvalue weighted by atomic mass is 10.1. The molecule has 1 heterocycles. The molecule has 0 aromatic heterocycles. The molecule has 0 saturated carbocycles. The Bertz CT molecular complexity index is 403. The van der Waals surface area contributed by atoms with Gasteiger partial charge in [-0.25, -0.2) is 0 Å². The van der Waals surface area contributed by atoms with Crippen LogP contribution < -0.4 is 16.0 Å². The number of aryl methyl sites for hydroxylation is 1. The molecule has 4 heteroatoms. The second-order valence-corrected chi connectivity index (χ2v) is 4.15. The molecule has 1 fully saturated rings. The summed E-state index contributed by atoms with van der Waals surface area (Å²) >= 11 is 0. The van der Waals surface area contributed by atoms with Crippen molar-refractivity contribution in [1.82, 2.24) is 5.32 Å². The molecule has 16 heavy (non-hydrogen) atoms. The summed E-state index contributed by atoms with van der Waals surface area (Å²) in [5, 5.41) is 2.85. The van der Waals surface area contributed by atoms with Gasteiger partial charge in [0.15, 0.2) is 0 Å². The zero-order valence-corrected chi connectivity index (χ0v) is 9.49. The number of rotatable bonds is 1. The van der Waals surface area contributed by atoms with Crippen LogP contribution in [0.25, 0.3) is 0 Å². The highest BCUT2D eigenvalue weighted by Crippen LogP contribution is 2.24. The van der Waals surface area contributed by atoms with Crippen LogP contribution in [0.5, 0.6) is 0 Å². The van der Waals surface area contributed by atoms with Gasteiger partial charge in [-0.3, -0.25) is 4.79 Å². The maximum atomic E-state index is 11.2. The summed E-state index contributed by atoms with van der Waals surface area (Å²) in [7, 11) is 0. The van der Waals surface area contributed by atoms with Crippen LogP contribution >= 0.6 is 0 Å². The lowest BCUT2D eigenvalue weighted by molar-refractivity contribution is -0.120. The van der Waals surface area contributed by atoms with Crippen molar-refractivity contribution in [1.29, 1.82) is 0 Å². The maximum absolute atomic E-state index is 11.2. The number of nitrogens with one attached hydrogen (secondary N) is 1. The lowest BCUT2D eigenvalue weighted by Gasteiger charge is -2.23. The van der Waals surface area contributed by atoms with Crippen LogP contribution in [0.4, 0.5) is 11.4 Å². The summed E-state index contributed by atoms with van der Waals surface area (Å²) in [6.45, 7) is 4.26. The number of hydrogen-bond donors (Lipinski definition) is 2. The Kier molecular flexibility index (Phi) is 2.99. The van der Waals surface area contributed by atoms with E-state index >= 15 is 0 Å². The first-order valence-electron chi connectivity index (χ1n) is 5.54. The number of benzene rings is 1. The molecule has 0 spiro atoms. The number of nitrogens with two attached hydrogens (primary N) is 1. The van der Waals surface area contributed by atoms with Gasteiger partial charge in [-0.15, -0.1) is 0 Å². The standard InChI is InChI=1S/C12H17N3O/c1-9-2-3-11(10(13)8-9)15-6-4-12(16)14-5-7-15/h2-3,8H,4-7,13H2,1H3,(H,14,16). The van der Waals surface area contributed by atoms with E-state index in [0.717, 1.165) is 30.0 Å². The molecular weight excluding hydrogens is 202 g/mol. The van der Waals surface area contributed by atoms with Crippen molar-refractivity contribution in [2.75, 3.05) is 30.3 Å². The minimum Gasteiger partial charge on any atom is -0.397 e. The molecule has 1 aromatic carbocycles. The quantitative estimate of drug-likeness (QED) is 0.690. The number of amides is 1. The molecule has 1 aromatic rings. The van der Waals surface area contributed by atoms with Crippen molar-refractivity contribution >= 4 is 17.3 Å². The van der Waals surface area contributed by atoms with E-state index in [1.165, 1.54) is 0 Å². The van der Waals surface area contributed by atoms with Gasteiger partial charge in [0.1, 0.15) is 0 Å². The molecule has 3 N–H and O–H groups in total. The zero-order valence-electron chi connectivity index (χ0n) is 9.49. The molecule has 1 aliphatic heterocycles. The molecule has 0 atom stereocenters. The average Bonchev–Trinajstić information content (AvgIpc) is 2.43. The van der Waals surface area contributed by atoms with Gasteiger partial charge in [0.25, 0.3) is 0 Å². The smallest absolute Gasteiger partial charge is 0.221 e. The normalized spacial score (nSPS) is 16.8. The molecule has 2 rings (SSSR count). The van der Waals surface area contributed by atoms with Crippen molar-refractivity contribution in [3.05, 3.63) is 23.8 Å². The van der Waals surface area contributed by atoms with E-state index in [1.54, 1.807) is 0 Å². The number of carbonyl (C=O) groups is 1. The van der Waals surface area contributed by atoms with E-state index in [-0.39, 0.29) is 5.91 Å². The van der Waals surface area contributed by atoms with Crippen LogP contribution in [0.3, 0.4) is 0 Å². The molecule has 1 saturated heterocycles. The second-order valence-electron chi connectivity index (χ2n) is 4.15. The number of carbonyl (C=O) groups excluding carboxylic acids is 1. The van der Waals surface area contributed by atoms with E-state index in [2.05, 4.69) is 10.2 Å². The Morgan fingerprint density at radius 2 is 2.19 bits per heavy atom. The van der Waals surface area contributed by atoms with Gasteiger partial charge < -0.3 is 16.0 Å². The van der Waals surface area contributed by atoms with E-state index in [4.69, 9.17) is 5.73 Å². The van der Waals surface area contributed by atoms with Crippen molar-refractivity contribution in [3.8, 4) is 0 Å². The largest absolute Gasteiger partial charge is 0.397 e. The van der Waals surface area contributed by atoms with Crippen molar-refractivity contribution < 1.29 is 4.79 Å². The van der Waals surface area contributed by atoms with Crippen LogP contribution in [0.1, 0.15) is 12.0 Å². The highest BCUT2D eigenvalue weighted by Gasteiger charge is 2.15. The Balaban J connectivity index is 2.19. The number of nitrogens with zero attached hydrogens (tertiary/aromatic N) is 1. The van der Waals surface area contributed by atoms with Crippen LogP contribution in [0.15, 0.2) is 18.2 Å². The van der Waals surface area contributed by atoms with Gasteiger partial charge >= 0.3 is 0 Å². The van der Waals surface area contributed by atoms with E-state index in [0.29, 0.717) is 13.0 Å². The predicted octanol–water partition coefficient (Wildman–Crippen LogP) is 0.904. The van der Waals surface area contributed by atoms with Gasteiger partial charge in [-0.1, -0.05) is 6.07 Å². The third-order valence-electron chi connectivity index (χ3n) is 2.84. The molecule has 1 amide bonds. The van der Waals surface area contributed by atoms with Crippen LogP contribution in [-0.2, 0) is 4.79 Å². The molecule has 86 valence electrons. The molecule has 4 nitrogen and oxygen atoms in total. The van der Waals surface area contributed by atoms with Crippen LogP contribution in [0, 0.1) is 6.92 Å². The van der Waals surface area contributed by atoms with E-state index < -0.39 is 0 Å². The average molecular weight is 219 g/mol.